The molecular formula is C21H27F4O4S2+. The van der Waals surface area contributed by atoms with Gasteiger partial charge in [0, 0.05) is 28.6 Å². The van der Waals surface area contributed by atoms with Gasteiger partial charge >= 0.3 is 21.3 Å². The molecule has 5 atom stereocenters. The standard InChI is InChI=1S/C21H26F4O4S2/c1-12-8-15(9-13(2)18(12)26)30-7-3-4-17(30)19-6-5-14(11-19)10-16(19)20(22,23)21(24,25)31(27,28)29/h8-9,14,16-17H,3-7,10-11H2,1-2H3,(H-,26,27,28,29)/p+1. The summed E-state index contributed by atoms with van der Waals surface area (Å²) in [5.41, 5.74) is 0.282. The summed E-state index contributed by atoms with van der Waals surface area (Å²) in [6.45, 7) is 3.53. The topological polar surface area (TPSA) is 74.6 Å². The van der Waals surface area contributed by atoms with Crippen molar-refractivity contribution in [2.45, 2.75) is 73.7 Å². The first-order valence-electron chi connectivity index (χ1n) is 10.4. The van der Waals surface area contributed by atoms with Gasteiger partial charge in [0.25, 0.3) is 0 Å². The Bertz CT molecular complexity index is 974. The van der Waals surface area contributed by atoms with E-state index in [1.165, 1.54) is 0 Å². The van der Waals surface area contributed by atoms with Crippen molar-refractivity contribution in [1.82, 2.24) is 0 Å². The fraction of sp³-hybridized carbons (Fsp3) is 0.714. The number of hydrogen-bond donors (Lipinski definition) is 2. The molecule has 1 saturated heterocycles. The number of rotatable bonds is 5. The minimum absolute atomic E-state index is 0.137. The Morgan fingerprint density at radius 3 is 2.29 bits per heavy atom. The number of alkyl halides is 4. The molecule has 0 radical (unpaired) electrons. The highest BCUT2D eigenvalue weighted by atomic mass is 32.2. The van der Waals surface area contributed by atoms with Crippen molar-refractivity contribution in [2.24, 2.45) is 17.3 Å². The molecule has 5 unspecified atom stereocenters. The molecule has 1 aromatic carbocycles. The van der Waals surface area contributed by atoms with Gasteiger partial charge in [-0.2, -0.15) is 26.0 Å². The van der Waals surface area contributed by atoms with Gasteiger partial charge in [0.1, 0.15) is 16.8 Å². The van der Waals surface area contributed by atoms with E-state index in [0.29, 0.717) is 36.8 Å². The van der Waals surface area contributed by atoms with Gasteiger partial charge in [0.05, 0.1) is 0 Å². The fourth-order valence-corrected chi connectivity index (χ4v) is 10.2. The zero-order valence-corrected chi connectivity index (χ0v) is 19.0. The summed E-state index contributed by atoms with van der Waals surface area (Å²) in [5, 5.41) is 4.33. The summed E-state index contributed by atoms with van der Waals surface area (Å²) < 4.78 is 90.2. The van der Waals surface area contributed by atoms with Crippen molar-refractivity contribution in [1.29, 1.82) is 0 Å². The van der Waals surface area contributed by atoms with E-state index in [-0.39, 0.29) is 23.3 Å². The molecule has 1 aromatic rings. The molecule has 1 aliphatic heterocycles. The third-order valence-electron chi connectivity index (χ3n) is 7.68. The van der Waals surface area contributed by atoms with Gasteiger partial charge < -0.3 is 5.11 Å². The molecule has 0 aromatic heterocycles. The molecule has 0 amide bonds. The van der Waals surface area contributed by atoms with Gasteiger partial charge in [0.2, 0.25) is 0 Å². The number of halogens is 4. The molecule has 2 saturated carbocycles. The van der Waals surface area contributed by atoms with Crippen LogP contribution in [0.5, 0.6) is 5.75 Å². The quantitative estimate of drug-likeness (QED) is 0.348. The maximum atomic E-state index is 15.2. The van der Waals surface area contributed by atoms with Crippen molar-refractivity contribution in [3.63, 3.8) is 0 Å². The number of phenols is 1. The van der Waals surface area contributed by atoms with Crippen LogP contribution in [0.4, 0.5) is 17.6 Å². The highest BCUT2D eigenvalue weighted by Gasteiger charge is 2.77. The van der Waals surface area contributed by atoms with Crippen LogP contribution >= 0.6 is 0 Å². The van der Waals surface area contributed by atoms with E-state index in [2.05, 4.69) is 0 Å². The van der Waals surface area contributed by atoms with Crippen LogP contribution < -0.4 is 0 Å². The predicted molar refractivity (Wildman–Crippen MR) is 110 cm³/mol. The smallest absolute Gasteiger partial charge is 0.431 e. The third kappa shape index (κ3) is 3.30. The summed E-state index contributed by atoms with van der Waals surface area (Å²) in [5.74, 6) is -5.85. The molecule has 2 aliphatic carbocycles. The molecule has 2 bridgehead atoms. The van der Waals surface area contributed by atoms with E-state index in [9.17, 15) is 22.3 Å². The molecule has 10 heteroatoms. The highest BCUT2D eigenvalue weighted by Crippen LogP contribution is 2.68. The summed E-state index contributed by atoms with van der Waals surface area (Å²) in [7, 11) is -6.72. The lowest BCUT2D eigenvalue weighted by Gasteiger charge is -2.43. The average molecular weight is 484 g/mol. The van der Waals surface area contributed by atoms with E-state index in [1.807, 2.05) is 12.1 Å². The second kappa shape index (κ2) is 7.25. The Kier molecular flexibility index (Phi) is 5.42. The van der Waals surface area contributed by atoms with Gasteiger partial charge in [-0.25, -0.2) is 0 Å². The van der Waals surface area contributed by atoms with Crippen LogP contribution in [0.2, 0.25) is 0 Å². The van der Waals surface area contributed by atoms with Crippen LogP contribution in [0.3, 0.4) is 0 Å². The second-order valence-corrected chi connectivity index (χ2v) is 13.2. The van der Waals surface area contributed by atoms with Gasteiger partial charge in [0.15, 0.2) is 4.90 Å². The van der Waals surface area contributed by atoms with Gasteiger partial charge in [-0.3, -0.25) is 4.55 Å². The Labute approximate surface area is 182 Å². The molecular weight excluding hydrogens is 456 g/mol. The molecule has 3 fully saturated rings. The van der Waals surface area contributed by atoms with E-state index >= 15 is 8.78 Å². The lowest BCUT2D eigenvalue weighted by molar-refractivity contribution is -0.215. The largest absolute Gasteiger partial charge is 0.507 e. The predicted octanol–water partition coefficient (Wildman–Crippen LogP) is 5.07. The van der Waals surface area contributed by atoms with Gasteiger partial charge in [-0.15, -0.1) is 0 Å². The Morgan fingerprint density at radius 2 is 1.74 bits per heavy atom. The first kappa shape index (κ1) is 23.2. The Morgan fingerprint density at radius 1 is 1.13 bits per heavy atom. The molecule has 1 heterocycles. The van der Waals surface area contributed by atoms with E-state index in [1.54, 1.807) is 13.8 Å². The van der Waals surface area contributed by atoms with Gasteiger partial charge in [-0.05, 0) is 75.1 Å². The maximum absolute atomic E-state index is 15.2. The SMILES string of the molecule is Cc1cc([S+]2CCCC2C23CCC(CC2C(F)(F)C(F)(F)S(=O)(=O)O)C3)cc(C)c1O. The number of fused-ring (bicyclic) bond motifs is 2. The summed E-state index contributed by atoms with van der Waals surface area (Å²) in [4.78, 5) is 0.934. The van der Waals surface area contributed by atoms with E-state index in [4.69, 9.17) is 4.55 Å². The first-order valence-corrected chi connectivity index (χ1v) is 13.3. The summed E-state index contributed by atoms with van der Waals surface area (Å²) >= 11 is 0. The van der Waals surface area contributed by atoms with Crippen molar-refractivity contribution >= 4 is 21.0 Å². The van der Waals surface area contributed by atoms with E-state index in [0.717, 1.165) is 17.1 Å². The van der Waals surface area contributed by atoms with Crippen LogP contribution in [0, 0.1) is 31.1 Å². The first-order chi connectivity index (χ1) is 14.2. The summed E-state index contributed by atoms with van der Waals surface area (Å²) in [6, 6.07) is 3.70. The van der Waals surface area contributed by atoms with Crippen molar-refractivity contribution < 1.29 is 35.6 Å². The molecule has 3 aliphatic rings. The molecule has 0 spiro atoms. The molecule has 31 heavy (non-hydrogen) atoms. The number of phenolic OH excluding ortho intramolecular Hbond substituents is 1. The lowest BCUT2D eigenvalue weighted by Crippen LogP contribution is -2.57. The normalized spacial score (nSPS) is 33.9. The Hall–Kier alpha value is -1.00. The molecule has 174 valence electrons. The van der Waals surface area contributed by atoms with Gasteiger partial charge in [-0.1, -0.05) is 0 Å². The van der Waals surface area contributed by atoms with Crippen LogP contribution in [-0.2, 0) is 21.0 Å². The zero-order valence-electron chi connectivity index (χ0n) is 17.4. The Balaban J connectivity index is 1.76. The third-order valence-corrected chi connectivity index (χ3v) is 11.6. The van der Waals surface area contributed by atoms with E-state index < -0.39 is 43.5 Å². The minimum Gasteiger partial charge on any atom is -0.507 e. The monoisotopic (exact) mass is 483 g/mol. The van der Waals surface area contributed by atoms with Crippen LogP contribution in [0.25, 0.3) is 0 Å². The van der Waals surface area contributed by atoms with Crippen LogP contribution in [-0.4, -0.2) is 40.3 Å². The number of aromatic hydroxyl groups is 1. The van der Waals surface area contributed by atoms with Crippen molar-refractivity contribution in [2.75, 3.05) is 5.75 Å². The summed E-state index contributed by atoms with van der Waals surface area (Å²) in [6.07, 6.45) is 2.68. The zero-order chi connectivity index (χ0) is 23.0. The molecule has 4 nitrogen and oxygen atoms in total. The molecule has 2 N–H and O–H groups in total. The number of benzene rings is 1. The maximum Gasteiger partial charge on any atom is 0.431 e. The fourth-order valence-electron chi connectivity index (χ4n) is 6.33. The lowest BCUT2D eigenvalue weighted by atomic mass is 9.68. The average Bonchev–Trinajstić information content (AvgIpc) is 3.38. The number of hydrogen-bond acceptors (Lipinski definition) is 3. The highest BCUT2D eigenvalue weighted by molar-refractivity contribution is 7.97. The van der Waals surface area contributed by atoms with Crippen molar-refractivity contribution in [3.05, 3.63) is 23.3 Å². The van der Waals surface area contributed by atoms with Crippen LogP contribution in [0.15, 0.2) is 17.0 Å². The minimum atomic E-state index is -6.26. The van der Waals surface area contributed by atoms with Crippen LogP contribution in [0.1, 0.15) is 49.7 Å². The number of aryl methyl sites for hydroxylation is 2. The second-order valence-electron chi connectivity index (χ2n) is 9.41. The molecule has 4 rings (SSSR count). The van der Waals surface area contributed by atoms with Crippen molar-refractivity contribution in [3.8, 4) is 5.75 Å².